The zero-order valence-corrected chi connectivity index (χ0v) is 14.6. The van der Waals surface area contributed by atoms with Crippen molar-refractivity contribution in [3.8, 4) is 0 Å². The molecule has 1 saturated heterocycles. The first-order valence-corrected chi connectivity index (χ1v) is 8.49. The molecule has 0 radical (unpaired) electrons. The standard InChI is InChI=1S/C17H25ClFN3O/c1-3-20-17(22(2)11-13-8-10-23-12-13)21-9-7-14-15(18)5-4-6-16(14)19/h4-6,13H,3,7-12H2,1-2H3,(H,20,21). The van der Waals surface area contributed by atoms with Crippen LogP contribution in [0.15, 0.2) is 23.2 Å². The Hall–Kier alpha value is -1.33. The van der Waals surface area contributed by atoms with Crippen LogP contribution in [0.2, 0.25) is 5.02 Å². The Morgan fingerprint density at radius 3 is 3.00 bits per heavy atom. The predicted octanol–water partition coefficient (Wildman–Crippen LogP) is 2.96. The van der Waals surface area contributed by atoms with Crippen molar-refractivity contribution in [2.75, 3.05) is 39.9 Å². The quantitative estimate of drug-likeness (QED) is 0.638. The van der Waals surface area contributed by atoms with Gasteiger partial charge in [-0.3, -0.25) is 4.99 Å². The van der Waals surface area contributed by atoms with Crippen molar-refractivity contribution in [1.29, 1.82) is 0 Å². The smallest absolute Gasteiger partial charge is 0.193 e. The highest BCUT2D eigenvalue weighted by Gasteiger charge is 2.19. The van der Waals surface area contributed by atoms with E-state index in [0.717, 1.165) is 38.7 Å². The molecule has 1 aromatic carbocycles. The summed E-state index contributed by atoms with van der Waals surface area (Å²) in [5.74, 6) is 1.12. The molecule has 1 unspecified atom stereocenters. The summed E-state index contributed by atoms with van der Waals surface area (Å²) in [5.41, 5.74) is 0.528. The summed E-state index contributed by atoms with van der Waals surface area (Å²) in [6.45, 7) is 5.90. The van der Waals surface area contributed by atoms with Gasteiger partial charge in [0.05, 0.1) is 6.61 Å². The molecular weight excluding hydrogens is 317 g/mol. The van der Waals surface area contributed by atoms with Gasteiger partial charge in [-0.2, -0.15) is 0 Å². The minimum Gasteiger partial charge on any atom is -0.381 e. The van der Waals surface area contributed by atoms with Gasteiger partial charge in [0.15, 0.2) is 5.96 Å². The number of hydrogen-bond acceptors (Lipinski definition) is 2. The van der Waals surface area contributed by atoms with Gasteiger partial charge in [0.2, 0.25) is 0 Å². The minimum atomic E-state index is -0.269. The maximum Gasteiger partial charge on any atom is 0.193 e. The van der Waals surface area contributed by atoms with E-state index in [0.29, 0.717) is 29.5 Å². The normalized spacial score (nSPS) is 18.3. The molecule has 0 amide bonds. The van der Waals surface area contributed by atoms with E-state index in [-0.39, 0.29) is 5.82 Å². The average Bonchev–Trinajstić information content (AvgIpc) is 3.02. The molecule has 1 N–H and O–H groups in total. The van der Waals surface area contributed by atoms with E-state index < -0.39 is 0 Å². The summed E-state index contributed by atoms with van der Waals surface area (Å²) < 4.78 is 19.2. The maximum atomic E-state index is 13.8. The molecule has 4 nitrogen and oxygen atoms in total. The molecule has 6 heteroatoms. The van der Waals surface area contributed by atoms with Crippen molar-refractivity contribution < 1.29 is 9.13 Å². The van der Waals surface area contributed by atoms with Crippen LogP contribution in [0.3, 0.4) is 0 Å². The van der Waals surface area contributed by atoms with Crippen molar-refractivity contribution >= 4 is 17.6 Å². The van der Waals surface area contributed by atoms with Gasteiger partial charge in [0.1, 0.15) is 5.82 Å². The Kier molecular flexibility index (Phi) is 7.12. The Morgan fingerprint density at radius 2 is 2.35 bits per heavy atom. The summed E-state index contributed by atoms with van der Waals surface area (Å²) in [6, 6.07) is 4.76. The highest BCUT2D eigenvalue weighted by Crippen LogP contribution is 2.19. The summed E-state index contributed by atoms with van der Waals surface area (Å²) in [4.78, 5) is 6.72. The van der Waals surface area contributed by atoms with Crippen LogP contribution in [-0.4, -0.2) is 50.8 Å². The molecule has 1 aromatic rings. The number of nitrogens with zero attached hydrogens (tertiary/aromatic N) is 2. The van der Waals surface area contributed by atoms with Gasteiger partial charge in [0, 0.05) is 49.8 Å². The lowest BCUT2D eigenvalue weighted by Crippen LogP contribution is -2.41. The van der Waals surface area contributed by atoms with E-state index in [1.54, 1.807) is 12.1 Å². The fourth-order valence-electron chi connectivity index (χ4n) is 2.72. The molecular formula is C17H25ClFN3O. The zero-order chi connectivity index (χ0) is 16.7. The number of hydrogen-bond donors (Lipinski definition) is 1. The summed E-state index contributed by atoms with van der Waals surface area (Å²) in [7, 11) is 2.02. The largest absolute Gasteiger partial charge is 0.381 e. The van der Waals surface area contributed by atoms with Crippen molar-refractivity contribution in [2.45, 2.75) is 19.8 Å². The van der Waals surface area contributed by atoms with Crippen LogP contribution in [0, 0.1) is 11.7 Å². The first kappa shape index (κ1) is 18.0. The molecule has 0 saturated carbocycles. The van der Waals surface area contributed by atoms with Crippen LogP contribution in [0.5, 0.6) is 0 Å². The molecule has 1 atom stereocenters. The monoisotopic (exact) mass is 341 g/mol. The molecule has 23 heavy (non-hydrogen) atoms. The molecule has 1 heterocycles. The molecule has 0 bridgehead atoms. The van der Waals surface area contributed by atoms with Gasteiger partial charge in [-0.1, -0.05) is 17.7 Å². The van der Waals surface area contributed by atoms with Crippen LogP contribution in [-0.2, 0) is 11.2 Å². The number of aliphatic imine (C=N–C) groups is 1. The topological polar surface area (TPSA) is 36.9 Å². The molecule has 1 aliphatic rings. The molecule has 0 aromatic heterocycles. The fraction of sp³-hybridized carbons (Fsp3) is 0.588. The van der Waals surface area contributed by atoms with Crippen LogP contribution in [0.25, 0.3) is 0 Å². The zero-order valence-electron chi connectivity index (χ0n) is 13.8. The third-order valence-corrected chi connectivity index (χ3v) is 4.29. The van der Waals surface area contributed by atoms with Gasteiger partial charge in [-0.15, -0.1) is 0 Å². The van der Waals surface area contributed by atoms with Crippen molar-refractivity contribution in [3.63, 3.8) is 0 Å². The van der Waals surface area contributed by atoms with Crippen LogP contribution in [0.4, 0.5) is 4.39 Å². The first-order chi connectivity index (χ1) is 11.1. The molecule has 1 aliphatic heterocycles. The van der Waals surface area contributed by atoms with Gasteiger partial charge in [-0.05, 0) is 31.9 Å². The fourth-order valence-corrected chi connectivity index (χ4v) is 2.97. The minimum absolute atomic E-state index is 0.269. The Labute approximate surface area is 142 Å². The van der Waals surface area contributed by atoms with Crippen LogP contribution < -0.4 is 5.32 Å². The SMILES string of the molecule is CCNC(=NCCc1c(F)cccc1Cl)N(C)CC1CCOC1. The number of guanidine groups is 1. The second-order valence-electron chi connectivity index (χ2n) is 5.80. The van der Waals surface area contributed by atoms with Gasteiger partial charge in [-0.25, -0.2) is 4.39 Å². The van der Waals surface area contributed by atoms with Gasteiger partial charge >= 0.3 is 0 Å². The number of ether oxygens (including phenoxy) is 1. The van der Waals surface area contributed by atoms with Gasteiger partial charge in [0.25, 0.3) is 0 Å². The predicted molar refractivity (Wildman–Crippen MR) is 92.6 cm³/mol. The lowest BCUT2D eigenvalue weighted by atomic mass is 10.1. The Morgan fingerprint density at radius 1 is 1.52 bits per heavy atom. The van der Waals surface area contributed by atoms with E-state index in [1.165, 1.54) is 6.07 Å². The van der Waals surface area contributed by atoms with Crippen molar-refractivity contribution in [3.05, 3.63) is 34.6 Å². The molecule has 128 valence electrons. The lowest BCUT2D eigenvalue weighted by molar-refractivity contribution is 0.181. The second-order valence-corrected chi connectivity index (χ2v) is 6.20. The summed E-state index contributed by atoms with van der Waals surface area (Å²) in [5, 5.41) is 3.74. The molecule has 0 aliphatic carbocycles. The number of nitrogens with one attached hydrogen (secondary N) is 1. The summed E-state index contributed by atoms with van der Waals surface area (Å²) >= 11 is 6.05. The molecule has 2 rings (SSSR count). The van der Waals surface area contributed by atoms with Crippen molar-refractivity contribution in [2.24, 2.45) is 10.9 Å². The van der Waals surface area contributed by atoms with Gasteiger partial charge < -0.3 is 15.0 Å². The highest BCUT2D eigenvalue weighted by molar-refractivity contribution is 6.31. The highest BCUT2D eigenvalue weighted by atomic mass is 35.5. The summed E-state index contributed by atoms with van der Waals surface area (Å²) in [6.07, 6.45) is 1.58. The van der Waals surface area contributed by atoms with E-state index >= 15 is 0 Å². The van der Waals surface area contributed by atoms with Crippen LogP contribution in [0.1, 0.15) is 18.9 Å². The number of benzene rings is 1. The van der Waals surface area contributed by atoms with Crippen molar-refractivity contribution in [1.82, 2.24) is 10.2 Å². The van der Waals surface area contributed by atoms with E-state index in [9.17, 15) is 4.39 Å². The maximum absolute atomic E-state index is 13.8. The third kappa shape index (κ3) is 5.36. The Balaban J connectivity index is 1.94. The van der Waals surface area contributed by atoms with E-state index in [1.807, 2.05) is 14.0 Å². The Bertz CT molecular complexity index is 512. The first-order valence-electron chi connectivity index (χ1n) is 8.12. The van der Waals surface area contributed by atoms with E-state index in [2.05, 4.69) is 15.2 Å². The average molecular weight is 342 g/mol. The molecule has 1 fully saturated rings. The molecule has 0 spiro atoms. The number of halogens is 2. The third-order valence-electron chi connectivity index (χ3n) is 3.94. The van der Waals surface area contributed by atoms with E-state index in [4.69, 9.17) is 16.3 Å². The number of rotatable bonds is 6. The second kappa shape index (κ2) is 9.08. The lowest BCUT2D eigenvalue weighted by Gasteiger charge is -2.24. The van der Waals surface area contributed by atoms with Crippen LogP contribution >= 0.6 is 11.6 Å².